The Morgan fingerprint density at radius 1 is 0.973 bits per heavy atom. The lowest BCUT2D eigenvalue weighted by Gasteiger charge is -2.48. The van der Waals surface area contributed by atoms with Crippen molar-refractivity contribution < 1.29 is 14.6 Å². The Kier molecular flexibility index (Phi) is 7.30. The first kappa shape index (κ1) is 24.7. The van der Waals surface area contributed by atoms with Gasteiger partial charge in [0.05, 0.1) is 24.9 Å². The minimum Gasteiger partial charge on any atom is -0.468 e. The summed E-state index contributed by atoms with van der Waals surface area (Å²) in [7, 11) is 1.36. The molecule has 1 aromatic heterocycles. The molecule has 1 aliphatic rings. The number of hydrogen-bond acceptors (Lipinski definition) is 5. The third-order valence-electron chi connectivity index (χ3n) is 7.05. The van der Waals surface area contributed by atoms with Gasteiger partial charge in [-0.25, -0.2) is 0 Å². The van der Waals surface area contributed by atoms with Gasteiger partial charge in [0.1, 0.15) is 6.54 Å². The molecule has 0 bridgehead atoms. The number of methoxy groups -OCH3 is 1. The van der Waals surface area contributed by atoms with E-state index in [9.17, 15) is 9.90 Å². The molecule has 0 radical (unpaired) electrons. The Bertz CT molecular complexity index is 1250. The maximum absolute atomic E-state index is 11.6. The smallest absolute Gasteiger partial charge is 0.327 e. The zero-order chi connectivity index (χ0) is 25.7. The second kappa shape index (κ2) is 10.9. The molecule has 0 aliphatic carbocycles. The highest BCUT2D eigenvalue weighted by atomic mass is 16.5. The molecule has 1 fully saturated rings. The standard InChI is InChI=1S/C31H31N3O3/c1-37-30(36)23-34-21-24(20-32-34)19-25-22-33(18-17-29(25)35)31(26-11-5-2-6-12-26,27-13-7-3-8-14-27)28-15-9-4-10-16-28/h2-16,19-21,29,35H,17-18,22-23H2,1H3/b25-19-. The summed E-state index contributed by atoms with van der Waals surface area (Å²) in [6, 6.07) is 31.8. The summed E-state index contributed by atoms with van der Waals surface area (Å²) < 4.78 is 6.30. The molecule has 3 aromatic carbocycles. The van der Waals surface area contributed by atoms with E-state index in [-0.39, 0.29) is 12.5 Å². The van der Waals surface area contributed by atoms with E-state index in [1.807, 2.05) is 24.3 Å². The van der Waals surface area contributed by atoms with Crippen LogP contribution in [0, 0.1) is 0 Å². The maximum Gasteiger partial charge on any atom is 0.327 e. The van der Waals surface area contributed by atoms with Gasteiger partial charge >= 0.3 is 5.97 Å². The van der Waals surface area contributed by atoms with Crippen LogP contribution < -0.4 is 0 Å². The molecule has 0 spiro atoms. The van der Waals surface area contributed by atoms with Crippen molar-refractivity contribution in [3.8, 4) is 0 Å². The molecule has 6 nitrogen and oxygen atoms in total. The van der Waals surface area contributed by atoms with Crippen LogP contribution in [0.1, 0.15) is 28.7 Å². The zero-order valence-corrected chi connectivity index (χ0v) is 20.9. The number of aromatic nitrogens is 2. The lowest BCUT2D eigenvalue weighted by Crippen LogP contribution is -2.52. The second-order valence-corrected chi connectivity index (χ2v) is 9.30. The van der Waals surface area contributed by atoms with Gasteiger partial charge < -0.3 is 9.84 Å². The minimum atomic E-state index is -0.555. The topological polar surface area (TPSA) is 67.6 Å². The number of piperidine rings is 1. The van der Waals surface area contributed by atoms with Gasteiger partial charge in [0.2, 0.25) is 0 Å². The summed E-state index contributed by atoms with van der Waals surface area (Å²) in [6.45, 7) is 1.34. The molecule has 4 aromatic rings. The summed E-state index contributed by atoms with van der Waals surface area (Å²) in [5.41, 5.74) is 4.73. The first-order valence-electron chi connectivity index (χ1n) is 12.5. The predicted octanol–water partition coefficient (Wildman–Crippen LogP) is 4.50. The highest BCUT2D eigenvalue weighted by molar-refractivity contribution is 5.69. The Hall–Kier alpha value is -4.00. The van der Waals surface area contributed by atoms with Crippen molar-refractivity contribution in [2.75, 3.05) is 20.2 Å². The molecule has 5 rings (SSSR count). The molecule has 1 aliphatic heterocycles. The molecule has 1 saturated heterocycles. The third kappa shape index (κ3) is 4.99. The minimum absolute atomic E-state index is 0.0491. The number of carbonyl (C=O) groups excluding carboxylic acids is 1. The largest absolute Gasteiger partial charge is 0.468 e. The van der Waals surface area contributed by atoms with Crippen LogP contribution in [0.5, 0.6) is 0 Å². The molecule has 1 N–H and O–H groups in total. The normalized spacial score (nSPS) is 17.6. The fourth-order valence-electron chi connectivity index (χ4n) is 5.33. The summed E-state index contributed by atoms with van der Waals surface area (Å²) in [5.74, 6) is -0.357. The Morgan fingerprint density at radius 2 is 1.51 bits per heavy atom. The van der Waals surface area contributed by atoms with Crippen molar-refractivity contribution in [2.45, 2.75) is 24.6 Å². The van der Waals surface area contributed by atoms with Gasteiger partial charge in [-0.2, -0.15) is 5.10 Å². The second-order valence-electron chi connectivity index (χ2n) is 9.30. The van der Waals surface area contributed by atoms with Gasteiger partial charge in [0, 0.05) is 24.8 Å². The lowest BCUT2D eigenvalue weighted by atomic mass is 9.74. The quantitative estimate of drug-likeness (QED) is 0.303. The van der Waals surface area contributed by atoms with Crippen LogP contribution in [-0.2, 0) is 21.6 Å². The van der Waals surface area contributed by atoms with E-state index in [1.54, 1.807) is 17.1 Å². The van der Waals surface area contributed by atoms with Crippen molar-refractivity contribution >= 4 is 12.0 Å². The summed E-state index contributed by atoms with van der Waals surface area (Å²) in [4.78, 5) is 14.1. The Morgan fingerprint density at radius 3 is 2.03 bits per heavy atom. The molecular formula is C31H31N3O3. The number of esters is 1. The number of carbonyl (C=O) groups is 1. The van der Waals surface area contributed by atoms with E-state index in [4.69, 9.17) is 4.74 Å². The fraction of sp³-hybridized carbons (Fsp3) is 0.226. The average Bonchev–Trinajstić information content (AvgIpc) is 3.39. The number of aliphatic hydroxyl groups excluding tert-OH is 1. The highest BCUT2D eigenvalue weighted by Gasteiger charge is 2.44. The van der Waals surface area contributed by atoms with E-state index < -0.39 is 11.6 Å². The van der Waals surface area contributed by atoms with Crippen LogP contribution in [-0.4, -0.2) is 52.1 Å². The molecule has 2 heterocycles. The predicted molar refractivity (Wildman–Crippen MR) is 144 cm³/mol. The van der Waals surface area contributed by atoms with E-state index in [2.05, 4.69) is 82.8 Å². The van der Waals surface area contributed by atoms with Crippen LogP contribution in [0.2, 0.25) is 0 Å². The van der Waals surface area contributed by atoms with Crippen LogP contribution in [0.25, 0.3) is 6.08 Å². The van der Waals surface area contributed by atoms with Crippen molar-refractivity contribution in [1.82, 2.24) is 14.7 Å². The van der Waals surface area contributed by atoms with E-state index in [1.165, 1.54) is 23.8 Å². The van der Waals surface area contributed by atoms with Gasteiger partial charge in [-0.05, 0) is 34.8 Å². The molecule has 6 heteroatoms. The average molecular weight is 494 g/mol. The lowest BCUT2D eigenvalue weighted by molar-refractivity contribution is -0.141. The van der Waals surface area contributed by atoms with Gasteiger partial charge in [-0.1, -0.05) is 91.0 Å². The number of aliphatic hydroxyl groups is 1. The van der Waals surface area contributed by atoms with Gasteiger partial charge in [0.25, 0.3) is 0 Å². The number of nitrogens with zero attached hydrogens (tertiary/aromatic N) is 3. The van der Waals surface area contributed by atoms with E-state index >= 15 is 0 Å². The first-order valence-corrected chi connectivity index (χ1v) is 12.5. The fourth-order valence-corrected chi connectivity index (χ4v) is 5.33. The Balaban J connectivity index is 1.60. The number of hydrogen-bond donors (Lipinski definition) is 1. The number of rotatable bonds is 7. The van der Waals surface area contributed by atoms with Gasteiger partial charge in [-0.3, -0.25) is 14.4 Å². The van der Waals surface area contributed by atoms with Crippen molar-refractivity contribution in [2.24, 2.45) is 0 Å². The first-order chi connectivity index (χ1) is 18.1. The molecule has 188 valence electrons. The van der Waals surface area contributed by atoms with Gasteiger partial charge in [-0.15, -0.1) is 0 Å². The molecule has 1 unspecified atom stereocenters. The van der Waals surface area contributed by atoms with Crippen molar-refractivity contribution in [3.05, 3.63) is 131 Å². The zero-order valence-electron chi connectivity index (χ0n) is 20.9. The van der Waals surface area contributed by atoms with Gasteiger partial charge in [0.15, 0.2) is 0 Å². The molecule has 37 heavy (non-hydrogen) atoms. The highest BCUT2D eigenvalue weighted by Crippen LogP contribution is 2.44. The molecular weight excluding hydrogens is 462 g/mol. The summed E-state index contributed by atoms with van der Waals surface area (Å²) >= 11 is 0. The van der Waals surface area contributed by atoms with Crippen molar-refractivity contribution in [1.29, 1.82) is 0 Å². The number of benzene rings is 3. The maximum atomic E-state index is 11.6. The summed E-state index contributed by atoms with van der Waals surface area (Å²) in [6.07, 6.45) is 5.55. The van der Waals surface area contributed by atoms with Crippen LogP contribution in [0.3, 0.4) is 0 Å². The Labute approximate surface area is 217 Å². The van der Waals surface area contributed by atoms with Crippen molar-refractivity contribution in [3.63, 3.8) is 0 Å². The van der Waals surface area contributed by atoms with E-state index in [0.717, 1.165) is 17.7 Å². The van der Waals surface area contributed by atoms with Crippen LogP contribution in [0.15, 0.2) is 109 Å². The third-order valence-corrected chi connectivity index (χ3v) is 7.05. The summed E-state index contributed by atoms with van der Waals surface area (Å²) in [5, 5.41) is 15.3. The number of likely N-dealkylation sites (tertiary alicyclic amines) is 1. The van der Waals surface area contributed by atoms with Crippen LogP contribution in [0.4, 0.5) is 0 Å². The number of ether oxygens (including phenoxy) is 1. The molecule has 1 atom stereocenters. The van der Waals surface area contributed by atoms with Crippen LogP contribution >= 0.6 is 0 Å². The van der Waals surface area contributed by atoms with E-state index in [0.29, 0.717) is 13.0 Å². The SMILES string of the molecule is COC(=O)Cn1cc(/C=C2/CN(C(c3ccccc3)(c3ccccc3)c3ccccc3)CCC2O)cn1. The monoisotopic (exact) mass is 493 g/mol. The molecule has 0 saturated carbocycles. The molecule has 0 amide bonds.